The summed E-state index contributed by atoms with van der Waals surface area (Å²) >= 11 is 0. The number of hydrogen-bond donors (Lipinski definition) is 1. The molecule has 0 amide bonds. The summed E-state index contributed by atoms with van der Waals surface area (Å²) in [6, 6.07) is 0.553. The monoisotopic (exact) mass is 246 g/mol. The van der Waals surface area contributed by atoms with Crippen LogP contribution in [0.4, 0.5) is 0 Å². The Bertz CT molecular complexity index is 318. The van der Waals surface area contributed by atoms with E-state index in [9.17, 15) is 8.42 Å². The smallest absolute Gasteiger partial charge is 0.152 e. The Morgan fingerprint density at radius 1 is 1.06 bits per heavy atom. The van der Waals surface area contributed by atoms with Gasteiger partial charge in [0, 0.05) is 19.1 Å². The van der Waals surface area contributed by atoms with Gasteiger partial charge >= 0.3 is 0 Å². The first-order chi connectivity index (χ1) is 7.49. The van der Waals surface area contributed by atoms with Crippen LogP contribution in [0, 0.1) is 11.8 Å². The minimum atomic E-state index is -2.75. The van der Waals surface area contributed by atoms with Gasteiger partial charge in [0.25, 0.3) is 0 Å². The molecular weight excluding hydrogens is 224 g/mol. The maximum absolute atomic E-state index is 11.4. The second-order valence-electron chi connectivity index (χ2n) is 5.29. The van der Waals surface area contributed by atoms with Crippen LogP contribution in [0.5, 0.6) is 0 Å². The minimum absolute atomic E-state index is 0.344. The van der Waals surface area contributed by atoms with Gasteiger partial charge in [0.05, 0.1) is 11.5 Å². The van der Waals surface area contributed by atoms with Gasteiger partial charge in [-0.15, -0.1) is 0 Å². The summed E-state index contributed by atoms with van der Waals surface area (Å²) in [4.78, 5) is 2.39. The van der Waals surface area contributed by atoms with Crippen LogP contribution < -0.4 is 5.32 Å². The normalized spacial score (nSPS) is 40.8. The van der Waals surface area contributed by atoms with Crippen molar-refractivity contribution < 1.29 is 8.42 Å². The first-order valence-corrected chi connectivity index (χ1v) is 7.97. The Labute approximate surface area is 98.3 Å². The highest BCUT2D eigenvalue weighted by Crippen LogP contribution is 2.24. The third-order valence-corrected chi connectivity index (χ3v) is 5.51. The van der Waals surface area contributed by atoms with Gasteiger partial charge in [0.15, 0.2) is 9.84 Å². The molecule has 2 saturated heterocycles. The van der Waals surface area contributed by atoms with E-state index in [1.54, 1.807) is 0 Å². The molecule has 0 bridgehead atoms. The Balaban J connectivity index is 2.01. The predicted molar refractivity (Wildman–Crippen MR) is 65.2 cm³/mol. The van der Waals surface area contributed by atoms with Gasteiger partial charge in [-0.1, -0.05) is 13.8 Å². The van der Waals surface area contributed by atoms with Crippen LogP contribution in [0.25, 0.3) is 0 Å². The summed E-state index contributed by atoms with van der Waals surface area (Å²) in [5.74, 6) is 1.92. The minimum Gasteiger partial charge on any atom is -0.316 e. The number of sulfone groups is 1. The molecule has 0 aliphatic carbocycles. The fraction of sp³-hybridized carbons (Fsp3) is 1.00. The standard InChI is InChI=1S/C11H22N2O2S/c1-9-7-12-8-10(2)11(9)13-3-5-16(14,15)6-4-13/h9-12H,3-8H2,1-2H3. The number of piperidine rings is 1. The van der Waals surface area contributed by atoms with Gasteiger partial charge in [0.1, 0.15) is 0 Å². The van der Waals surface area contributed by atoms with E-state index in [-0.39, 0.29) is 0 Å². The van der Waals surface area contributed by atoms with Crippen molar-refractivity contribution in [2.75, 3.05) is 37.7 Å². The van der Waals surface area contributed by atoms with Crippen LogP contribution in [-0.4, -0.2) is 57.0 Å². The molecule has 0 radical (unpaired) electrons. The first kappa shape index (κ1) is 12.3. The molecule has 2 unspecified atom stereocenters. The molecule has 2 fully saturated rings. The van der Waals surface area contributed by atoms with E-state index in [1.165, 1.54) is 0 Å². The molecule has 2 heterocycles. The molecule has 0 aromatic carbocycles. The molecule has 5 heteroatoms. The molecule has 2 atom stereocenters. The van der Waals surface area contributed by atoms with Gasteiger partial charge < -0.3 is 5.32 Å². The Morgan fingerprint density at radius 2 is 1.56 bits per heavy atom. The lowest BCUT2D eigenvalue weighted by Crippen LogP contribution is -2.57. The first-order valence-electron chi connectivity index (χ1n) is 6.15. The van der Waals surface area contributed by atoms with Crippen molar-refractivity contribution in [3.63, 3.8) is 0 Å². The Morgan fingerprint density at radius 3 is 2.06 bits per heavy atom. The van der Waals surface area contributed by atoms with Crippen LogP contribution in [-0.2, 0) is 9.84 Å². The lowest BCUT2D eigenvalue weighted by molar-refractivity contribution is 0.0867. The van der Waals surface area contributed by atoms with E-state index in [4.69, 9.17) is 0 Å². The van der Waals surface area contributed by atoms with Crippen LogP contribution in [0.1, 0.15) is 13.8 Å². The second-order valence-corrected chi connectivity index (χ2v) is 7.59. The van der Waals surface area contributed by atoms with Gasteiger partial charge in [0.2, 0.25) is 0 Å². The molecule has 2 aliphatic heterocycles. The third kappa shape index (κ3) is 2.57. The molecule has 94 valence electrons. The summed E-state index contributed by atoms with van der Waals surface area (Å²) in [7, 11) is -2.75. The molecule has 16 heavy (non-hydrogen) atoms. The number of nitrogens with one attached hydrogen (secondary N) is 1. The quantitative estimate of drug-likeness (QED) is 0.705. The van der Waals surface area contributed by atoms with E-state index in [0.29, 0.717) is 29.4 Å². The summed E-state index contributed by atoms with van der Waals surface area (Å²) < 4.78 is 22.8. The average molecular weight is 246 g/mol. The molecule has 1 N–H and O–H groups in total. The zero-order chi connectivity index (χ0) is 11.8. The van der Waals surface area contributed by atoms with Crippen LogP contribution in [0.2, 0.25) is 0 Å². The number of nitrogens with zero attached hydrogens (tertiary/aromatic N) is 1. The molecular formula is C11H22N2O2S. The Kier molecular flexibility index (Phi) is 3.56. The second kappa shape index (κ2) is 4.63. The maximum atomic E-state index is 11.4. The van der Waals surface area contributed by atoms with Gasteiger partial charge in [-0.05, 0) is 24.9 Å². The number of hydrogen-bond acceptors (Lipinski definition) is 4. The molecule has 0 saturated carbocycles. The molecule has 2 aliphatic rings. The zero-order valence-corrected chi connectivity index (χ0v) is 11.0. The van der Waals surface area contributed by atoms with Crippen molar-refractivity contribution in [1.29, 1.82) is 0 Å². The lowest BCUT2D eigenvalue weighted by Gasteiger charge is -2.44. The largest absolute Gasteiger partial charge is 0.316 e. The van der Waals surface area contributed by atoms with Crippen LogP contribution in [0.3, 0.4) is 0 Å². The van der Waals surface area contributed by atoms with Crippen LogP contribution in [0.15, 0.2) is 0 Å². The van der Waals surface area contributed by atoms with Crippen molar-refractivity contribution in [3.05, 3.63) is 0 Å². The fourth-order valence-electron chi connectivity index (χ4n) is 3.09. The van der Waals surface area contributed by atoms with E-state index in [1.807, 2.05) is 0 Å². The third-order valence-electron chi connectivity index (χ3n) is 3.90. The molecule has 2 rings (SSSR count). The predicted octanol–water partition coefficient (Wildman–Crippen LogP) is -0.0392. The fourth-order valence-corrected chi connectivity index (χ4v) is 4.31. The van der Waals surface area contributed by atoms with Crippen molar-refractivity contribution in [3.8, 4) is 0 Å². The van der Waals surface area contributed by atoms with E-state index < -0.39 is 9.84 Å². The Hall–Kier alpha value is -0.130. The molecule has 4 nitrogen and oxygen atoms in total. The van der Waals surface area contributed by atoms with Crippen molar-refractivity contribution in [1.82, 2.24) is 10.2 Å². The zero-order valence-electron chi connectivity index (χ0n) is 10.1. The van der Waals surface area contributed by atoms with Crippen molar-refractivity contribution in [2.24, 2.45) is 11.8 Å². The highest BCUT2D eigenvalue weighted by molar-refractivity contribution is 7.91. The maximum Gasteiger partial charge on any atom is 0.152 e. The SMILES string of the molecule is CC1CNCC(C)C1N1CCS(=O)(=O)CC1. The summed E-state index contributed by atoms with van der Waals surface area (Å²) in [6.45, 7) is 8.08. The summed E-state index contributed by atoms with van der Waals surface area (Å²) in [6.07, 6.45) is 0. The molecule has 0 aromatic heterocycles. The molecule has 0 aromatic rings. The number of rotatable bonds is 1. The van der Waals surface area contributed by atoms with E-state index in [0.717, 1.165) is 26.2 Å². The summed E-state index contributed by atoms with van der Waals surface area (Å²) in [5, 5.41) is 3.42. The summed E-state index contributed by atoms with van der Waals surface area (Å²) in [5.41, 5.74) is 0. The van der Waals surface area contributed by atoms with Crippen molar-refractivity contribution in [2.45, 2.75) is 19.9 Å². The average Bonchev–Trinajstić information content (AvgIpc) is 2.20. The van der Waals surface area contributed by atoms with Gasteiger partial charge in [-0.2, -0.15) is 0 Å². The lowest BCUT2D eigenvalue weighted by atomic mass is 9.85. The van der Waals surface area contributed by atoms with Gasteiger partial charge in [-0.3, -0.25) is 4.90 Å². The highest BCUT2D eigenvalue weighted by Gasteiger charge is 2.35. The van der Waals surface area contributed by atoms with E-state index in [2.05, 4.69) is 24.1 Å². The van der Waals surface area contributed by atoms with Gasteiger partial charge in [-0.25, -0.2) is 8.42 Å². The topological polar surface area (TPSA) is 49.4 Å². The highest BCUT2D eigenvalue weighted by atomic mass is 32.2. The van der Waals surface area contributed by atoms with E-state index >= 15 is 0 Å². The van der Waals surface area contributed by atoms with Crippen molar-refractivity contribution >= 4 is 9.84 Å². The van der Waals surface area contributed by atoms with Crippen LogP contribution >= 0.6 is 0 Å². The molecule has 0 spiro atoms.